The SMILES string of the molecule is Cc1cccc(C)c1CC(=O)C1CCC(C(C)C)CC1. The van der Waals surface area contributed by atoms with E-state index in [4.69, 9.17) is 0 Å². The van der Waals surface area contributed by atoms with E-state index in [9.17, 15) is 4.79 Å². The summed E-state index contributed by atoms with van der Waals surface area (Å²) in [6.45, 7) is 8.85. The van der Waals surface area contributed by atoms with E-state index in [0.29, 0.717) is 18.1 Å². The molecular formula is C19H28O. The number of hydrogen-bond donors (Lipinski definition) is 0. The average Bonchev–Trinajstić information content (AvgIpc) is 2.43. The summed E-state index contributed by atoms with van der Waals surface area (Å²) in [7, 11) is 0. The number of benzene rings is 1. The van der Waals surface area contributed by atoms with Crippen molar-refractivity contribution in [1.29, 1.82) is 0 Å². The Labute approximate surface area is 123 Å². The quantitative estimate of drug-likeness (QED) is 0.763. The molecule has 0 N–H and O–H groups in total. The molecule has 1 saturated carbocycles. The van der Waals surface area contributed by atoms with Crippen LogP contribution in [0.1, 0.15) is 56.2 Å². The molecule has 1 aromatic rings. The molecule has 0 spiro atoms. The van der Waals surface area contributed by atoms with Gasteiger partial charge in [-0.1, -0.05) is 32.0 Å². The van der Waals surface area contributed by atoms with Crippen molar-refractivity contribution in [3.05, 3.63) is 34.9 Å². The molecule has 0 amide bonds. The molecule has 0 aromatic heterocycles. The topological polar surface area (TPSA) is 17.1 Å². The molecule has 0 radical (unpaired) electrons. The fraction of sp³-hybridized carbons (Fsp3) is 0.632. The van der Waals surface area contributed by atoms with Crippen LogP contribution in [-0.4, -0.2) is 5.78 Å². The Bertz CT molecular complexity index is 444. The van der Waals surface area contributed by atoms with E-state index in [-0.39, 0.29) is 0 Å². The number of carbonyl (C=O) groups excluding carboxylic acids is 1. The largest absolute Gasteiger partial charge is 0.299 e. The molecule has 0 unspecified atom stereocenters. The van der Waals surface area contributed by atoms with E-state index in [2.05, 4.69) is 45.9 Å². The van der Waals surface area contributed by atoms with Gasteiger partial charge >= 0.3 is 0 Å². The van der Waals surface area contributed by atoms with Crippen LogP contribution in [0, 0.1) is 31.6 Å². The van der Waals surface area contributed by atoms with Crippen molar-refractivity contribution >= 4 is 5.78 Å². The smallest absolute Gasteiger partial charge is 0.140 e. The van der Waals surface area contributed by atoms with Gasteiger partial charge in [0, 0.05) is 12.3 Å². The van der Waals surface area contributed by atoms with Crippen molar-refractivity contribution in [3.8, 4) is 0 Å². The number of rotatable bonds is 4. The van der Waals surface area contributed by atoms with Crippen LogP contribution in [0.3, 0.4) is 0 Å². The van der Waals surface area contributed by atoms with E-state index >= 15 is 0 Å². The Morgan fingerprint density at radius 1 is 1.10 bits per heavy atom. The Hall–Kier alpha value is -1.11. The van der Waals surface area contributed by atoms with Gasteiger partial charge in [-0.2, -0.15) is 0 Å². The van der Waals surface area contributed by atoms with E-state index in [1.807, 2.05) is 0 Å². The van der Waals surface area contributed by atoms with Crippen LogP contribution in [0.2, 0.25) is 0 Å². The molecule has 0 saturated heterocycles. The van der Waals surface area contributed by atoms with Crippen molar-refractivity contribution in [3.63, 3.8) is 0 Å². The summed E-state index contributed by atoms with van der Waals surface area (Å²) >= 11 is 0. The van der Waals surface area contributed by atoms with Crippen LogP contribution < -0.4 is 0 Å². The normalized spacial score (nSPS) is 23.1. The Balaban J connectivity index is 1.96. The highest BCUT2D eigenvalue weighted by molar-refractivity contribution is 5.84. The molecule has 110 valence electrons. The molecule has 2 rings (SSSR count). The molecule has 1 aromatic carbocycles. The predicted molar refractivity (Wildman–Crippen MR) is 84.9 cm³/mol. The Morgan fingerprint density at radius 2 is 1.65 bits per heavy atom. The van der Waals surface area contributed by atoms with Gasteiger partial charge in [0.1, 0.15) is 5.78 Å². The van der Waals surface area contributed by atoms with Crippen LogP contribution in [0.4, 0.5) is 0 Å². The molecule has 0 atom stereocenters. The first kappa shape index (κ1) is 15.3. The van der Waals surface area contributed by atoms with Gasteiger partial charge in [-0.05, 0) is 68.1 Å². The maximum Gasteiger partial charge on any atom is 0.140 e. The highest BCUT2D eigenvalue weighted by atomic mass is 16.1. The van der Waals surface area contributed by atoms with E-state index in [1.54, 1.807) is 0 Å². The molecule has 0 aliphatic heterocycles. The van der Waals surface area contributed by atoms with E-state index in [0.717, 1.165) is 24.7 Å². The minimum absolute atomic E-state index is 0.309. The van der Waals surface area contributed by atoms with Gasteiger partial charge in [-0.25, -0.2) is 0 Å². The molecule has 1 aliphatic rings. The summed E-state index contributed by atoms with van der Waals surface area (Å²) in [4.78, 5) is 12.5. The third-order valence-electron chi connectivity index (χ3n) is 5.17. The third-order valence-corrected chi connectivity index (χ3v) is 5.17. The second-order valence-corrected chi connectivity index (χ2v) is 6.87. The lowest BCUT2D eigenvalue weighted by atomic mass is 9.74. The zero-order valence-corrected chi connectivity index (χ0v) is 13.4. The second-order valence-electron chi connectivity index (χ2n) is 6.87. The number of carbonyl (C=O) groups is 1. The molecule has 1 fully saturated rings. The number of ketones is 1. The van der Waals surface area contributed by atoms with Gasteiger partial charge in [0.15, 0.2) is 0 Å². The Morgan fingerprint density at radius 3 is 2.15 bits per heavy atom. The highest BCUT2D eigenvalue weighted by Gasteiger charge is 2.27. The molecule has 1 nitrogen and oxygen atoms in total. The van der Waals surface area contributed by atoms with Crippen LogP contribution >= 0.6 is 0 Å². The summed E-state index contributed by atoms with van der Waals surface area (Å²) in [5, 5.41) is 0. The minimum Gasteiger partial charge on any atom is -0.299 e. The first-order chi connectivity index (χ1) is 9.49. The third kappa shape index (κ3) is 3.50. The minimum atomic E-state index is 0.309. The molecule has 1 aliphatic carbocycles. The zero-order chi connectivity index (χ0) is 14.7. The van der Waals surface area contributed by atoms with Crippen molar-refractivity contribution in [2.45, 2.75) is 59.8 Å². The average molecular weight is 272 g/mol. The van der Waals surface area contributed by atoms with Crippen molar-refractivity contribution in [2.75, 3.05) is 0 Å². The lowest BCUT2D eigenvalue weighted by molar-refractivity contribution is -0.123. The van der Waals surface area contributed by atoms with Crippen molar-refractivity contribution in [1.82, 2.24) is 0 Å². The number of Topliss-reactive ketones (excluding diaryl/α,β-unsaturated/α-hetero) is 1. The van der Waals surface area contributed by atoms with Gasteiger partial charge in [-0.3, -0.25) is 4.79 Å². The first-order valence-electron chi connectivity index (χ1n) is 8.06. The van der Waals surface area contributed by atoms with E-state index in [1.165, 1.54) is 29.5 Å². The van der Waals surface area contributed by atoms with E-state index < -0.39 is 0 Å². The summed E-state index contributed by atoms with van der Waals surface area (Å²) in [6, 6.07) is 6.31. The summed E-state index contributed by atoms with van der Waals surface area (Å²) < 4.78 is 0. The second kappa shape index (κ2) is 6.56. The van der Waals surface area contributed by atoms with Crippen LogP contribution in [-0.2, 0) is 11.2 Å². The molecule has 0 bridgehead atoms. The predicted octanol–water partition coefficient (Wildman–Crippen LogP) is 4.88. The number of hydrogen-bond acceptors (Lipinski definition) is 1. The van der Waals surface area contributed by atoms with Gasteiger partial charge < -0.3 is 0 Å². The van der Waals surface area contributed by atoms with Gasteiger partial charge in [0.2, 0.25) is 0 Å². The van der Waals surface area contributed by atoms with Gasteiger partial charge in [0.25, 0.3) is 0 Å². The molecule has 20 heavy (non-hydrogen) atoms. The van der Waals surface area contributed by atoms with Gasteiger partial charge in [-0.15, -0.1) is 0 Å². The van der Waals surface area contributed by atoms with Crippen LogP contribution in [0.25, 0.3) is 0 Å². The van der Waals surface area contributed by atoms with Crippen molar-refractivity contribution in [2.24, 2.45) is 17.8 Å². The number of aryl methyl sites for hydroxylation is 2. The highest BCUT2D eigenvalue weighted by Crippen LogP contribution is 2.34. The maximum atomic E-state index is 12.5. The Kier molecular flexibility index (Phi) is 5.01. The summed E-state index contributed by atoms with van der Waals surface area (Å²) in [5.74, 6) is 2.37. The lowest BCUT2D eigenvalue weighted by Crippen LogP contribution is -2.25. The first-order valence-corrected chi connectivity index (χ1v) is 8.06. The zero-order valence-electron chi connectivity index (χ0n) is 13.4. The standard InChI is InChI=1S/C19H28O/c1-13(2)16-8-10-17(11-9-16)19(20)12-18-14(3)6-5-7-15(18)4/h5-7,13,16-17H,8-12H2,1-4H3. The van der Waals surface area contributed by atoms with Crippen LogP contribution in [0.15, 0.2) is 18.2 Å². The molecule has 0 heterocycles. The van der Waals surface area contributed by atoms with Crippen molar-refractivity contribution < 1.29 is 4.79 Å². The maximum absolute atomic E-state index is 12.5. The molecular weight excluding hydrogens is 244 g/mol. The summed E-state index contributed by atoms with van der Waals surface area (Å²) in [5.41, 5.74) is 3.77. The summed E-state index contributed by atoms with van der Waals surface area (Å²) in [6.07, 6.45) is 5.32. The lowest BCUT2D eigenvalue weighted by Gasteiger charge is -2.30. The van der Waals surface area contributed by atoms with Crippen LogP contribution in [0.5, 0.6) is 0 Å². The monoisotopic (exact) mass is 272 g/mol. The molecule has 1 heteroatoms. The fourth-order valence-electron chi connectivity index (χ4n) is 3.55. The fourth-order valence-corrected chi connectivity index (χ4v) is 3.55. The van der Waals surface area contributed by atoms with Gasteiger partial charge in [0.05, 0.1) is 0 Å².